The highest BCUT2D eigenvalue weighted by atomic mass is 16.5. The second-order valence-corrected chi connectivity index (χ2v) is 8.82. The van der Waals surface area contributed by atoms with Gasteiger partial charge in [-0.1, -0.05) is 48.6 Å². The molecule has 1 aromatic rings. The molecular weight excluding hydrogens is 406 g/mol. The van der Waals surface area contributed by atoms with E-state index in [1.165, 1.54) is 11.0 Å². The Kier molecular flexibility index (Phi) is 6.98. The molecule has 2 amide bonds. The fraction of sp³-hybridized carbons (Fsp3) is 0.462. The molecular formula is C26H29NO5. The van der Waals surface area contributed by atoms with Gasteiger partial charge in [0.05, 0.1) is 24.9 Å². The number of nitrogens with zero attached hydrogens (tertiary/aromatic N) is 1. The van der Waals surface area contributed by atoms with Crippen LogP contribution >= 0.6 is 0 Å². The molecule has 1 aliphatic heterocycles. The zero-order chi connectivity index (χ0) is 22.5. The molecule has 2 fully saturated rings. The summed E-state index contributed by atoms with van der Waals surface area (Å²) in [7, 11) is 0. The number of benzene rings is 1. The summed E-state index contributed by atoms with van der Waals surface area (Å²) < 4.78 is 5.20. The number of ketones is 1. The normalized spacial score (nSPS) is 25.7. The Bertz CT molecular complexity index is 905. The maximum absolute atomic E-state index is 12.6. The Hall–Kier alpha value is -3.02. The minimum atomic E-state index is -0.382. The van der Waals surface area contributed by atoms with Crippen molar-refractivity contribution in [3.05, 3.63) is 54.1 Å². The van der Waals surface area contributed by atoms with Gasteiger partial charge in [0.25, 0.3) is 0 Å². The number of imide groups is 1. The fourth-order valence-corrected chi connectivity index (χ4v) is 5.05. The molecule has 0 aromatic heterocycles. The molecule has 1 saturated carbocycles. The molecule has 0 radical (unpaired) electrons. The zero-order valence-corrected chi connectivity index (χ0v) is 18.2. The number of allylic oxidation sites excluding steroid dienone is 3. The number of carbonyl (C=O) groups excluding carboxylic acids is 4. The van der Waals surface area contributed by atoms with E-state index in [0.29, 0.717) is 19.4 Å². The number of amides is 2. The fourth-order valence-electron chi connectivity index (χ4n) is 5.05. The Morgan fingerprint density at radius 3 is 2.31 bits per heavy atom. The van der Waals surface area contributed by atoms with Gasteiger partial charge < -0.3 is 4.74 Å². The SMILES string of the molecule is O=C(/C=C/c1ccccc1)CCC(=O)OCCCCCN1C(=O)[C@@H]2[C@H](C1=O)[C@H]1C=C[C@@H]2C1. The van der Waals surface area contributed by atoms with E-state index in [9.17, 15) is 19.2 Å². The van der Waals surface area contributed by atoms with Crippen LogP contribution < -0.4 is 0 Å². The lowest BCUT2D eigenvalue weighted by molar-refractivity contribution is -0.144. The number of hydrogen-bond acceptors (Lipinski definition) is 5. The number of fused-ring (bicyclic) bond motifs is 5. The lowest BCUT2D eigenvalue weighted by atomic mass is 9.85. The van der Waals surface area contributed by atoms with Gasteiger partial charge in [-0.2, -0.15) is 0 Å². The summed E-state index contributed by atoms with van der Waals surface area (Å²) in [5.41, 5.74) is 0.938. The van der Waals surface area contributed by atoms with Crippen LogP contribution in [-0.2, 0) is 23.9 Å². The number of esters is 1. The van der Waals surface area contributed by atoms with Crippen LogP contribution in [0.15, 0.2) is 48.6 Å². The van der Waals surface area contributed by atoms with Crippen molar-refractivity contribution in [3.8, 4) is 0 Å². The number of likely N-dealkylation sites (tertiary alicyclic amines) is 1. The molecule has 6 nitrogen and oxygen atoms in total. The van der Waals surface area contributed by atoms with Gasteiger partial charge in [0, 0.05) is 13.0 Å². The van der Waals surface area contributed by atoms with E-state index in [2.05, 4.69) is 12.2 Å². The van der Waals surface area contributed by atoms with Crippen LogP contribution in [0.3, 0.4) is 0 Å². The molecule has 32 heavy (non-hydrogen) atoms. The smallest absolute Gasteiger partial charge is 0.306 e. The summed E-state index contributed by atoms with van der Waals surface area (Å²) in [6.07, 6.45) is 10.7. The average molecular weight is 436 g/mol. The van der Waals surface area contributed by atoms with Gasteiger partial charge >= 0.3 is 5.97 Å². The highest BCUT2D eigenvalue weighted by molar-refractivity contribution is 6.06. The van der Waals surface area contributed by atoms with Crippen LogP contribution in [0.4, 0.5) is 0 Å². The number of rotatable bonds is 11. The van der Waals surface area contributed by atoms with E-state index in [-0.39, 0.29) is 66.7 Å². The van der Waals surface area contributed by atoms with Crippen LogP contribution in [-0.4, -0.2) is 41.6 Å². The van der Waals surface area contributed by atoms with Crippen molar-refractivity contribution in [2.24, 2.45) is 23.7 Å². The van der Waals surface area contributed by atoms with Crippen LogP contribution in [0.25, 0.3) is 6.08 Å². The summed E-state index contributed by atoms with van der Waals surface area (Å²) in [5, 5.41) is 0. The predicted octanol–water partition coefficient (Wildman–Crippen LogP) is 3.57. The summed E-state index contributed by atoms with van der Waals surface area (Å²) in [6, 6.07) is 9.51. The summed E-state index contributed by atoms with van der Waals surface area (Å²) in [5.74, 6) is -0.291. The van der Waals surface area contributed by atoms with Gasteiger partial charge in [0.15, 0.2) is 5.78 Å². The first kappa shape index (κ1) is 22.2. The molecule has 168 valence electrons. The van der Waals surface area contributed by atoms with Crippen molar-refractivity contribution < 1.29 is 23.9 Å². The monoisotopic (exact) mass is 435 g/mol. The van der Waals surface area contributed by atoms with Crippen LogP contribution in [0.5, 0.6) is 0 Å². The Labute approximate surface area is 188 Å². The van der Waals surface area contributed by atoms with E-state index in [0.717, 1.165) is 18.4 Å². The van der Waals surface area contributed by atoms with Crippen molar-refractivity contribution in [1.29, 1.82) is 0 Å². The standard InChI is InChI=1S/C26H29NO5/c28-21(12-9-18-7-3-1-4-8-18)13-14-22(29)32-16-6-2-5-15-27-25(30)23-19-10-11-20(17-19)24(23)26(27)31/h1,3-4,7-12,19-20,23-24H,2,5-6,13-17H2/b12-9+/t19-,20+,23+,24-. The first-order chi connectivity index (χ1) is 15.5. The molecule has 2 bridgehead atoms. The topological polar surface area (TPSA) is 80.8 Å². The Balaban J connectivity index is 1.07. The maximum Gasteiger partial charge on any atom is 0.306 e. The van der Waals surface area contributed by atoms with Gasteiger partial charge in [-0.3, -0.25) is 24.1 Å². The quantitative estimate of drug-likeness (QED) is 0.175. The van der Waals surface area contributed by atoms with Crippen molar-refractivity contribution in [3.63, 3.8) is 0 Å². The predicted molar refractivity (Wildman–Crippen MR) is 119 cm³/mol. The maximum atomic E-state index is 12.6. The van der Waals surface area contributed by atoms with Gasteiger partial charge in [-0.05, 0) is 49.2 Å². The molecule has 0 unspecified atom stereocenters. The second kappa shape index (κ2) is 10.1. The number of carbonyl (C=O) groups is 4. The number of hydrogen-bond donors (Lipinski definition) is 0. The summed E-state index contributed by atoms with van der Waals surface area (Å²) in [4.78, 5) is 50.4. The van der Waals surface area contributed by atoms with E-state index >= 15 is 0 Å². The molecule has 1 saturated heterocycles. The lowest BCUT2D eigenvalue weighted by Crippen LogP contribution is -2.33. The Morgan fingerprint density at radius 1 is 0.938 bits per heavy atom. The van der Waals surface area contributed by atoms with Crippen molar-refractivity contribution in [2.45, 2.75) is 38.5 Å². The lowest BCUT2D eigenvalue weighted by Gasteiger charge is -2.17. The third-order valence-corrected chi connectivity index (χ3v) is 6.69. The molecule has 0 N–H and O–H groups in total. The number of unbranched alkanes of at least 4 members (excludes halogenated alkanes) is 2. The molecule has 6 heteroatoms. The molecule has 2 aliphatic carbocycles. The van der Waals surface area contributed by atoms with E-state index in [4.69, 9.17) is 4.74 Å². The van der Waals surface area contributed by atoms with E-state index in [1.807, 2.05) is 30.3 Å². The third-order valence-electron chi connectivity index (χ3n) is 6.69. The number of ether oxygens (including phenoxy) is 1. The zero-order valence-electron chi connectivity index (χ0n) is 18.2. The largest absolute Gasteiger partial charge is 0.466 e. The van der Waals surface area contributed by atoms with Gasteiger partial charge in [-0.15, -0.1) is 0 Å². The third kappa shape index (κ3) is 4.90. The van der Waals surface area contributed by atoms with Crippen molar-refractivity contribution >= 4 is 29.6 Å². The van der Waals surface area contributed by atoms with Gasteiger partial charge in [-0.25, -0.2) is 0 Å². The average Bonchev–Trinajstić information content (AvgIpc) is 3.48. The highest BCUT2D eigenvalue weighted by Gasteiger charge is 2.58. The molecule has 4 rings (SSSR count). The summed E-state index contributed by atoms with van der Waals surface area (Å²) >= 11 is 0. The minimum absolute atomic E-state index is 0.00532. The van der Waals surface area contributed by atoms with Gasteiger partial charge in [0.1, 0.15) is 0 Å². The molecule has 0 spiro atoms. The van der Waals surface area contributed by atoms with E-state index in [1.54, 1.807) is 6.08 Å². The minimum Gasteiger partial charge on any atom is -0.466 e. The van der Waals surface area contributed by atoms with E-state index < -0.39 is 0 Å². The summed E-state index contributed by atoms with van der Waals surface area (Å²) in [6.45, 7) is 0.731. The van der Waals surface area contributed by atoms with Crippen molar-refractivity contribution in [2.75, 3.05) is 13.2 Å². The first-order valence-corrected chi connectivity index (χ1v) is 11.5. The second-order valence-electron chi connectivity index (χ2n) is 8.82. The molecule has 1 heterocycles. The van der Waals surface area contributed by atoms with Crippen molar-refractivity contribution in [1.82, 2.24) is 4.90 Å². The molecule has 3 aliphatic rings. The molecule has 1 aromatic carbocycles. The first-order valence-electron chi connectivity index (χ1n) is 11.5. The van der Waals surface area contributed by atoms with Gasteiger partial charge in [0.2, 0.25) is 11.8 Å². The highest BCUT2D eigenvalue weighted by Crippen LogP contribution is 2.52. The van der Waals surface area contributed by atoms with Crippen LogP contribution in [0.2, 0.25) is 0 Å². The Morgan fingerprint density at radius 2 is 1.62 bits per heavy atom. The molecule has 4 atom stereocenters. The van der Waals surface area contributed by atoms with Crippen LogP contribution in [0.1, 0.15) is 44.1 Å². The van der Waals surface area contributed by atoms with Crippen LogP contribution in [0, 0.1) is 23.7 Å².